The lowest BCUT2D eigenvalue weighted by Gasteiger charge is -2.03. The predicted octanol–water partition coefficient (Wildman–Crippen LogP) is -0.430. The summed E-state index contributed by atoms with van der Waals surface area (Å²) >= 11 is 0. The summed E-state index contributed by atoms with van der Waals surface area (Å²) in [6, 6.07) is 10.9. The third kappa shape index (κ3) is 3.25. The Morgan fingerprint density at radius 2 is 1.50 bits per heavy atom. The van der Waals surface area contributed by atoms with Crippen LogP contribution in [-0.4, -0.2) is 12.3 Å². The standard InChI is InChI=1S/C10H15P.BrH/c1-3-11(4-2)10-8-6-5-7-9-10;/h5-9H,3-4H2,1-2H3;1H. The minimum atomic E-state index is -0.201. The Hall–Kier alpha value is 0.130. The minimum Gasteiger partial charge on any atom is -1.00 e. The van der Waals surface area contributed by atoms with Crippen molar-refractivity contribution in [1.82, 2.24) is 0 Å². The molecule has 0 heterocycles. The van der Waals surface area contributed by atoms with E-state index in [0.29, 0.717) is 0 Å². The summed E-state index contributed by atoms with van der Waals surface area (Å²) in [7, 11) is -0.201. The van der Waals surface area contributed by atoms with E-state index in [-0.39, 0.29) is 24.9 Å². The fourth-order valence-electron chi connectivity index (χ4n) is 1.33. The van der Waals surface area contributed by atoms with E-state index < -0.39 is 0 Å². The van der Waals surface area contributed by atoms with Crippen molar-refractivity contribution < 1.29 is 17.0 Å². The van der Waals surface area contributed by atoms with E-state index in [1.54, 1.807) is 5.30 Å². The van der Waals surface area contributed by atoms with Crippen LogP contribution in [0.4, 0.5) is 0 Å². The van der Waals surface area contributed by atoms with Crippen molar-refractivity contribution >= 4 is 13.2 Å². The van der Waals surface area contributed by atoms with Gasteiger partial charge in [0.2, 0.25) is 0 Å². The van der Waals surface area contributed by atoms with Crippen molar-refractivity contribution in [3.8, 4) is 0 Å². The zero-order valence-electron chi connectivity index (χ0n) is 7.68. The zero-order valence-corrected chi connectivity index (χ0v) is 10.3. The average molecular weight is 247 g/mol. The van der Waals surface area contributed by atoms with Crippen LogP contribution in [0.5, 0.6) is 0 Å². The first-order valence-electron chi connectivity index (χ1n) is 4.28. The Labute approximate surface area is 86.9 Å². The highest BCUT2D eigenvalue weighted by Crippen LogP contribution is 2.32. The molecule has 2 heteroatoms. The molecule has 0 saturated heterocycles. The van der Waals surface area contributed by atoms with E-state index in [1.807, 2.05) is 0 Å². The lowest BCUT2D eigenvalue weighted by Crippen LogP contribution is -3.00. The van der Waals surface area contributed by atoms with Crippen LogP contribution in [0, 0.1) is 0 Å². The highest BCUT2D eigenvalue weighted by atomic mass is 79.9. The number of hydrogen-bond donors (Lipinski definition) is 0. The molecule has 0 spiro atoms. The monoisotopic (exact) mass is 246 g/mol. The molecule has 0 aromatic heterocycles. The van der Waals surface area contributed by atoms with Crippen LogP contribution in [0.3, 0.4) is 0 Å². The van der Waals surface area contributed by atoms with Crippen LogP contribution < -0.4 is 22.3 Å². The highest BCUT2D eigenvalue weighted by molar-refractivity contribution is 7.65. The summed E-state index contributed by atoms with van der Waals surface area (Å²) in [5.41, 5.74) is 0. The number of halogens is 1. The Bertz CT molecular complexity index is 194. The molecule has 1 aromatic carbocycles. The van der Waals surface area contributed by atoms with Crippen molar-refractivity contribution in [2.45, 2.75) is 13.8 Å². The second-order valence-electron chi connectivity index (χ2n) is 2.68. The maximum absolute atomic E-state index is 2.30. The van der Waals surface area contributed by atoms with Crippen molar-refractivity contribution in [3.63, 3.8) is 0 Å². The minimum absolute atomic E-state index is 0. The van der Waals surface area contributed by atoms with E-state index in [0.717, 1.165) is 0 Å². The third-order valence-corrected chi connectivity index (χ3v) is 4.89. The third-order valence-electron chi connectivity index (χ3n) is 2.04. The smallest absolute Gasteiger partial charge is 0.0914 e. The molecule has 12 heavy (non-hydrogen) atoms. The summed E-state index contributed by atoms with van der Waals surface area (Å²) < 4.78 is 0. The first-order chi connectivity index (χ1) is 5.38. The molecule has 0 fully saturated rings. The van der Waals surface area contributed by atoms with Gasteiger partial charge < -0.3 is 17.0 Å². The first kappa shape index (κ1) is 12.1. The van der Waals surface area contributed by atoms with Crippen molar-refractivity contribution in [2.24, 2.45) is 0 Å². The fourth-order valence-corrected chi connectivity index (χ4v) is 3.31. The molecule has 0 atom stereocenters. The Morgan fingerprint density at radius 1 is 1.00 bits per heavy atom. The van der Waals surface area contributed by atoms with Crippen LogP contribution in [0.15, 0.2) is 30.3 Å². The summed E-state index contributed by atoms with van der Waals surface area (Å²) in [6.45, 7) is 4.59. The van der Waals surface area contributed by atoms with E-state index in [2.05, 4.69) is 44.2 Å². The van der Waals surface area contributed by atoms with Crippen molar-refractivity contribution in [2.75, 3.05) is 12.3 Å². The molecule has 0 unspecified atom stereocenters. The topological polar surface area (TPSA) is 0 Å². The number of hydrogen-bond acceptors (Lipinski definition) is 0. The summed E-state index contributed by atoms with van der Waals surface area (Å²) in [5, 5.41) is 1.59. The van der Waals surface area contributed by atoms with Gasteiger partial charge in [0.05, 0.1) is 17.6 Å². The van der Waals surface area contributed by atoms with Crippen molar-refractivity contribution in [3.05, 3.63) is 30.3 Å². The first-order valence-corrected chi connectivity index (χ1v) is 6.20. The van der Waals surface area contributed by atoms with Gasteiger partial charge in [-0.05, 0) is 26.0 Å². The predicted molar refractivity (Wildman–Crippen MR) is 55.5 cm³/mol. The second-order valence-corrected chi connectivity index (χ2v) is 5.88. The van der Waals surface area contributed by atoms with Crippen LogP contribution in [-0.2, 0) is 0 Å². The SMILES string of the molecule is CC[PH+](CC)c1ccccc1.[Br-]. The molecule has 0 aliphatic heterocycles. The maximum atomic E-state index is 2.30. The van der Waals surface area contributed by atoms with E-state index in [4.69, 9.17) is 0 Å². The highest BCUT2D eigenvalue weighted by Gasteiger charge is 2.11. The molecule has 0 aliphatic carbocycles. The largest absolute Gasteiger partial charge is 1.00 e. The summed E-state index contributed by atoms with van der Waals surface area (Å²) in [6.07, 6.45) is 2.70. The van der Waals surface area contributed by atoms with Gasteiger partial charge in [0, 0.05) is 7.92 Å². The fraction of sp³-hybridized carbons (Fsp3) is 0.400. The van der Waals surface area contributed by atoms with E-state index in [1.165, 1.54) is 12.3 Å². The molecule has 0 saturated carbocycles. The van der Waals surface area contributed by atoms with E-state index in [9.17, 15) is 0 Å². The molecule has 68 valence electrons. The molecule has 0 nitrogen and oxygen atoms in total. The van der Waals surface area contributed by atoms with Crippen LogP contribution in [0.2, 0.25) is 0 Å². The molecule has 1 aromatic rings. The van der Waals surface area contributed by atoms with Gasteiger partial charge in [-0.3, -0.25) is 0 Å². The maximum Gasteiger partial charge on any atom is 0.0914 e. The van der Waals surface area contributed by atoms with E-state index >= 15 is 0 Å². The van der Waals surface area contributed by atoms with Gasteiger partial charge in [-0.2, -0.15) is 0 Å². The molecule has 0 bridgehead atoms. The number of rotatable bonds is 3. The molecule has 0 N–H and O–H groups in total. The van der Waals surface area contributed by atoms with Crippen LogP contribution >= 0.6 is 7.92 Å². The summed E-state index contributed by atoms with van der Waals surface area (Å²) in [5.74, 6) is 0. The van der Waals surface area contributed by atoms with Gasteiger partial charge in [0.1, 0.15) is 0 Å². The Kier molecular flexibility index (Phi) is 6.70. The molecular weight excluding hydrogens is 231 g/mol. The average Bonchev–Trinajstić information content (AvgIpc) is 2.09. The van der Waals surface area contributed by atoms with Gasteiger partial charge in [0.15, 0.2) is 0 Å². The van der Waals surface area contributed by atoms with Gasteiger partial charge >= 0.3 is 0 Å². The molecule has 0 radical (unpaired) electrons. The summed E-state index contributed by atoms with van der Waals surface area (Å²) in [4.78, 5) is 0. The molecule has 0 amide bonds. The lowest BCUT2D eigenvalue weighted by molar-refractivity contribution is -0.00000230. The molecule has 1 rings (SSSR count). The molecule has 0 aliphatic rings. The quantitative estimate of drug-likeness (QED) is 0.636. The van der Waals surface area contributed by atoms with Gasteiger partial charge in [-0.25, -0.2) is 0 Å². The Morgan fingerprint density at radius 3 is 1.92 bits per heavy atom. The Balaban J connectivity index is 0.00000121. The van der Waals surface area contributed by atoms with Crippen LogP contribution in [0.1, 0.15) is 13.8 Å². The van der Waals surface area contributed by atoms with Crippen LogP contribution in [0.25, 0.3) is 0 Å². The van der Waals surface area contributed by atoms with Gasteiger partial charge in [-0.1, -0.05) is 18.2 Å². The van der Waals surface area contributed by atoms with Gasteiger partial charge in [0.25, 0.3) is 0 Å². The normalized spacial score (nSPS) is 9.58. The molecular formula is C10H16BrP. The van der Waals surface area contributed by atoms with Crippen molar-refractivity contribution in [1.29, 1.82) is 0 Å². The second kappa shape index (κ2) is 6.62. The lowest BCUT2D eigenvalue weighted by atomic mass is 10.4. The zero-order chi connectivity index (χ0) is 8.10. The van der Waals surface area contributed by atoms with Gasteiger partial charge in [-0.15, -0.1) is 0 Å². The number of benzene rings is 1.